The summed E-state index contributed by atoms with van der Waals surface area (Å²) >= 11 is 1.02. The molecule has 0 aliphatic heterocycles. The van der Waals surface area contributed by atoms with Gasteiger partial charge in [-0.15, -0.1) is 0 Å². The molecule has 1 atom stereocenters. The van der Waals surface area contributed by atoms with Crippen LogP contribution in [0.4, 0.5) is 5.13 Å². The number of aromatic nitrogens is 1. The number of aryl methyl sites for hydroxylation is 1. The minimum Gasteiger partial charge on any atom is -0.375 e. The van der Waals surface area contributed by atoms with Gasteiger partial charge in [0.05, 0.1) is 5.69 Å². The van der Waals surface area contributed by atoms with Gasteiger partial charge in [-0.1, -0.05) is 25.2 Å². The fourth-order valence-corrected chi connectivity index (χ4v) is 4.68. The van der Waals surface area contributed by atoms with E-state index in [0.29, 0.717) is 11.6 Å². The Morgan fingerprint density at radius 3 is 2.33 bits per heavy atom. The summed E-state index contributed by atoms with van der Waals surface area (Å²) in [4.78, 5) is 3.97. The van der Waals surface area contributed by atoms with Gasteiger partial charge in [0, 0.05) is 13.1 Å². The number of sulfonamides is 1. The molecule has 0 bridgehead atoms. The zero-order valence-electron chi connectivity index (χ0n) is 11.5. The van der Waals surface area contributed by atoms with E-state index in [9.17, 15) is 8.42 Å². The number of anilines is 1. The lowest BCUT2D eigenvalue weighted by Crippen LogP contribution is -2.35. The van der Waals surface area contributed by atoms with Crippen molar-refractivity contribution in [2.75, 3.05) is 12.8 Å². The summed E-state index contributed by atoms with van der Waals surface area (Å²) in [5.41, 5.74) is 6.03. The number of rotatable bonds is 5. The normalized spacial score (nSPS) is 14.4. The largest absolute Gasteiger partial charge is 0.375 e. The maximum atomic E-state index is 12.4. The number of hydrogen-bond acceptors (Lipinski definition) is 5. The Morgan fingerprint density at radius 1 is 1.39 bits per heavy atom. The molecule has 1 rings (SSSR count). The molecule has 7 heteroatoms. The maximum absolute atomic E-state index is 12.4. The highest BCUT2D eigenvalue weighted by Gasteiger charge is 2.29. The average Bonchev–Trinajstić information content (AvgIpc) is 2.56. The van der Waals surface area contributed by atoms with Crippen molar-refractivity contribution in [3.05, 3.63) is 5.69 Å². The molecule has 5 nitrogen and oxygen atoms in total. The molecule has 1 aromatic heterocycles. The van der Waals surface area contributed by atoms with Crippen molar-refractivity contribution in [3.8, 4) is 0 Å². The second-order valence-electron chi connectivity index (χ2n) is 4.92. The van der Waals surface area contributed by atoms with Crippen molar-refractivity contribution in [1.29, 1.82) is 0 Å². The lowest BCUT2D eigenvalue weighted by molar-refractivity contribution is 0.338. The Kier molecular flexibility index (Phi) is 4.74. The van der Waals surface area contributed by atoms with E-state index in [4.69, 9.17) is 5.73 Å². The van der Waals surface area contributed by atoms with Gasteiger partial charge in [0.1, 0.15) is 0 Å². The Morgan fingerprint density at radius 2 is 1.94 bits per heavy atom. The van der Waals surface area contributed by atoms with Crippen LogP contribution in [-0.4, -0.2) is 30.8 Å². The van der Waals surface area contributed by atoms with Crippen molar-refractivity contribution in [1.82, 2.24) is 9.29 Å². The minimum absolute atomic E-state index is 0.0438. The van der Waals surface area contributed by atoms with Crippen LogP contribution < -0.4 is 5.73 Å². The van der Waals surface area contributed by atoms with Crippen molar-refractivity contribution in [2.45, 2.75) is 44.4 Å². The maximum Gasteiger partial charge on any atom is 0.254 e. The zero-order chi connectivity index (χ0) is 14.1. The van der Waals surface area contributed by atoms with Gasteiger partial charge in [0.2, 0.25) is 0 Å². The van der Waals surface area contributed by atoms with Crippen LogP contribution in [0.5, 0.6) is 0 Å². The summed E-state index contributed by atoms with van der Waals surface area (Å²) in [5.74, 6) is 0.449. The van der Waals surface area contributed by atoms with Gasteiger partial charge in [-0.3, -0.25) is 0 Å². The minimum atomic E-state index is -3.48. The molecule has 1 unspecified atom stereocenters. The zero-order valence-corrected chi connectivity index (χ0v) is 13.1. The van der Waals surface area contributed by atoms with E-state index in [0.717, 1.165) is 17.8 Å². The predicted molar refractivity (Wildman–Crippen MR) is 75.1 cm³/mol. The second kappa shape index (κ2) is 5.54. The summed E-state index contributed by atoms with van der Waals surface area (Å²) in [6.07, 6.45) is 0.822. The first-order chi connectivity index (χ1) is 8.16. The van der Waals surface area contributed by atoms with Gasteiger partial charge < -0.3 is 5.73 Å². The van der Waals surface area contributed by atoms with Crippen LogP contribution in [0.3, 0.4) is 0 Å². The van der Waals surface area contributed by atoms with Crippen LogP contribution in [0.15, 0.2) is 4.21 Å². The van der Waals surface area contributed by atoms with Crippen molar-refractivity contribution >= 4 is 26.5 Å². The van der Waals surface area contributed by atoms with Gasteiger partial charge in [-0.2, -0.15) is 4.31 Å². The first-order valence-corrected chi connectivity index (χ1v) is 8.12. The van der Waals surface area contributed by atoms with Crippen LogP contribution in [0.25, 0.3) is 0 Å². The van der Waals surface area contributed by atoms with Gasteiger partial charge in [-0.25, -0.2) is 13.4 Å². The van der Waals surface area contributed by atoms with Crippen LogP contribution in [0.2, 0.25) is 0 Å². The van der Waals surface area contributed by atoms with E-state index in [1.165, 1.54) is 4.31 Å². The smallest absolute Gasteiger partial charge is 0.254 e. The molecule has 2 N–H and O–H groups in total. The van der Waals surface area contributed by atoms with Crippen molar-refractivity contribution in [2.24, 2.45) is 5.92 Å². The van der Waals surface area contributed by atoms with Gasteiger partial charge in [0.25, 0.3) is 10.0 Å². The third-order valence-corrected chi connectivity index (χ3v) is 6.36. The fourth-order valence-electron chi connectivity index (χ4n) is 1.84. The molecule has 104 valence electrons. The lowest BCUT2D eigenvalue weighted by Gasteiger charge is -2.25. The molecule has 0 spiro atoms. The molecule has 0 saturated heterocycles. The van der Waals surface area contributed by atoms with E-state index < -0.39 is 10.0 Å². The molecule has 18 heavy (non-hydrogen) atoms. The Hall–Kier alpha value is -0.660. The summed E-state index contributed by atoms with van der Waals surface area (Å²) in [6, 6.07) is -0.0438. The Bertz CT molecular complexity index is 508. The molecule has 0 saturated carbocycles. The van der Waals surface area contributed by atoms with Gasteiger partial charge in [0.15, 0.2) is 9.34 Å². The Balaban J connectivity index is 3.03. The summed E-state index contributed by atoms with van der Waals surface area (Å²) in [7, 11) is -1.88. The molecule has 0 aromatic carbocycles. The molecule has 0 aliphatic rings. The summed E-state index contributed by atoms with van der Waals surface area (Å²) in [6.45, 7) is 7.73. The number of hydrogen-bond donors (Lipinski definition) is 1. The van der Waals surface area contributed by atoms with Crippen molar-refractivity contribution < 1.29 is 8.42 Å². The third-order valence-electron chi connectivity index (χ3n) is 2.82. The predicted octanol–water partition coefficient (Wildman–Crippen LogP) is 2.09. The van der Waals surface area contributed by atoms with Crippen molar-refractivity contribution in [3.63, 3.8) is 0 Å². The first-order valence-electron chi connectivity index (χ1n) is 5.87. The van der Waals surface area contributed by atoms with Crippen LogP contribution >= 0.6 is 11.3 Å². The van der Waals surface area contributed by atoms with E-state index in [1.54, 1.807) is 14.0 Å². The number of nitrogens with zero attached hydrogens (tertiary/aromatic N) is 2. The SMILES string of the molecule is Cc1nc(N)sc1S(=O)(=O)N(C)C(C)CC(C)C. The summed E-state index contributed by atoms with van der Waals surface area (Å²) in [5, 5.41) is 0.288. The molecule has 1 aromatic rings. The highest BCUT2D eigenvalue weighted by molar-refractivity contribution is 7.91. The van der Waals surface area contributed by atoms with E-state index in [-0.39, 0.29) is 15.4 Å². The van der Waals surface area contributed by atoms with Gasteiger partial charge >= 0.3 is 0 Å². The molecule has 0 fully saturated rings. The number of nitrogens with two attached hydrogens (primary N) is 1. The monoisotopic (exact) mass is 291 g/mol. The molecule has 0 aliphatic carbocycles. The molecule has 0 radical (unpaired) electrons. The fraction of sp³-hybridized carbons (Fsp3) is 0.727. The van der Waals surface area contributed by atoms with E-state index in [1.807, 2.05) is 6.92 Å². The summed E-state index contributed by atoms with van der Waals surface area (Å²) < 4.78 is 26.5. The number of thiazole rings is 1. The topological polar surface area (TPSA) is 76.3 Å². The quantitative estimate of drug-likeness (QED) is 0.901. The molecular formula is C11H21N3O2S2. The molecule has 1 heterocycles. The van der Waals surface area contributed by atoms with Crippen LogP contribution in [0, 0.1) is 12.8 Å². The molecule has 0 amide bonds. The van der Waals surface area contributed by atoms with Crippen LogP contribution in [0.1, 0.15) is 32.9 Å². The standard InChI is InChI=1S/C11H21N3O2S2/c1-7(2)6-8(3)14(5)18(15,16)10-9(4)13-11(12)17-10/h7-8H,6H2,1-5H3,(H2,12,13). The van der Waals surface area contributed by atoms with E-state index in [2.05, 4.69) is 18.8 Å². The highest BCUT2D eigenvalue weighted by atomic mass is 32.2. The first kappa shape index (κ1) is 15.4. The van der Waals surface area contributed by atoms with E-state index >= 15 is 0 Å². The third kappa shape index (κ3) is 3.21. The highest BCUT2D eigenvalue weighted by Crippen LogP contribution is 2.29. The lowest BCUT2D eigenvalue weighted by atomic mass is 10.1. The van der Waals surface area contributed by atoms with Gasteiger partial charge in [-0.05, 0) is 26.2 Å². The molecular weight excluding hydrogens is 270 g/mol. The number of nitrogen functional groups attached to an aromatic ring is 1. The Labute approximate surface area is 113 Å². The second-order valence-corrected chi connectivity index (χ2v) is 8.15. The van der Waals surface area contributed by atoms with Crippen LogP contribution in [-0.2, 0) is 10.0 Å². The average molecular weight is 291 g/mol.